The minimum atomic E-state index is -0.0347. The lowest BCUT2D eigenvalue weighted by molar-refractivity contribution is 0.104. The first-order valence-electron chi connectivity index (χ1n) is 8.50. The summed E-state index contributed by atoms with van der Waals surface area (Å²) in [7, 11) is 0. The molecule has 0 saturated carbocycles. The predicted octanol–water partition coefficient (Wildman–Crippen LogP) is 5.99. The largest absolute Gasteiger partial charge is 0.455 e. The van der Waals surface area contributed by atoms with Crippen LogP contribution < -0.4 is 10.1 Å². The molecule has 0 aliphatic heterocycles. The zero-order valence-corrected chi connectivity index (χ0v) is 14.9. The van der Waals surface area contributed by atoms with E-state index in [0.29, 0.717) is 11.3 Å². The Hall–Kier alpha value is -3.33. The van der Waals surface area contributed by atoms with Gasteiger partial charge in [-0.1, -0.05) is 60.2 Å². The first-order chi connectivity index (χ1) is 12.6. The van der Waals surface area contributed by atoms with Crippen LogP contribution in [0.15, 0.2) is 90.6 Å². The number of hydrogen-bond acceptors (Lipinski definition) is 3. The van der Waals surface area contributed by atoms with E-state index in [4.69, 9.17) is 4.74 Å². The smallest absolute Gasteiger partial charge is 0.187 e. The molecule has 0 heterocycles. The molecule has 26 heavy (non-hydrogen) atoms. The molecule has 3 heteroatoms. The molecule has 3 nitrogen and oxygen atoms in total. The molecule has 130 valence electrons. The van der Waals surface area contributed by atoms with Crippen molar-refractivity contribution in [3.05, 3.63) is 102 Å². The molecule has 0 aliphatic rings. The number of rotatable bonds is 6. The molecule has 0 fully saturated rings. The third-order valence-corrected chi connectivity index (χ3v) is 3.87. The minimum absolute atomic E-state index is 0.0347. The number of aryl methyl sites for hydroxylation is 1. The van der Waals surface area contributed by atoms with Gasteiger partial charge in [0.05, 0.1) is 5.69 Å². The minimum Gasteiger partial charge on any atom is -0.455 e. The van der Waals surface area contributed by atoms with E-state index in [1.807, 2.05) is 80.6 Å². The lowest BCUT2D eigenvalue weighted by Crippen LogP contribution is -2.02. The van der Waals surface area contributed by atoms with Crippen LogP contribution in [0.1, 0.15) is 22.8 Å². The average Bonchev–Trinajstić information content (AvgIpc) is 2.66. The Balaban J connectivity index is 1.76. The normalized spacial score (nSPS) is 11.1. The fourth-order valence-corrected chi connectivity index (χ4v) is 2.52. The van der Waals surface area contributed by atoms with Crippen molar-refractivity contribution < 1.29 is 9.53 Å². The van der Waals surface area contributed by atoms with Gasteiger partial charge >= 0.3 is 0 Å². The van der Waals surface area contributed by atoms with Crippen LogP contribution in [0.2, 0.25) is 0 Å². The average molecular weight is 343 g/mol. The van der Waals surface area contributed by atoms with Gasteiger partial charge in [-0.25, -0.2) is 0 Å². The summed E-state index contributed by atoms with van der Waals surface area (Å²) in [6.07, 6.45) is 1.60. The van der Waals surface area contributed by atoms with E-state index >= 15 is 0 Å². The zero-order valence-electron chi connectivity index (χ0n) is 14.9. The Bertz CT molecular complexity index is 912. The second kappa shape index (κ2) is 8.17. The maximum absolute atomic E-state index is 12.3. The maximum Gasteiger partial charge on any atom is 0.187 e. The summed E-state index contributed by atoms with van der Waals surface area (Å²) in [5.41, 5.74) is 3.40. The van der Waals surface area contributed by atoms with Crippen LogP contribution in [-0.4, -0.2) is 5.78 Å². The van der Waals surface area contributed by atoms with Crippen molar-refractivity contribution in [3.8, 4) is 11.5 Å². The number of allylic oxidation sites excluding steroid dienone is 2. The Labute approximate surface area is 154 Å². The highest BCUT2D eigenvalue weighted by molar-refractivity contribution is 6.05. The molecule has 1 N–H and O–H groups in total. The number of carbonyl (C=O) groups excluding carboxylic acids is 1. The van der Waals surface area contributed by atoms with Crippen LogP contribution in [0.25, 0.3) is 0 Å². The molecule has 0 amide bonds. The van der Waals surface area contributed by atoms with Crippen molar-refractivity contribution in [1.82, 2.24) is 0 Å². The Morgan fingerprint density at radius 3 is 2.27 bits per heavy atom. The summed E-state index contributed by atoms with van der Waals surface area (Å²) >= 11 is 0. The number of para-hydroxylation sites is 2. The number of hydrogen-bond donors (Lipinski definition) is 1. The van der Waals surface area contributed by atoms with Crippen molar-refractivity contribution in [2.45, 2.75) is 13.8 Å². The second-order valence-corrected chi connectivity index (χ2v) is 6.09. The van der Waals surface area contributed by atoms with E-state index in [1.165, 1.54) is 5.56 Å². The molecule has 0 unspecified atom stereocenters. The van der Waals surface area contributed by atoms with E-state index in [1.54, 1.807) is 18.2 Å². The van der Waals surface area contributed by atoms with Crippen LogP contribution in [0.4, 0.5) is 5.69 Å². The van der Waals surface area contributed by atoms with Gasteiger partial charge in [-0.2, -0.15) is 0 Å². The summed E-state index contributed by atoms with van der Waals surface area (Å²) in [5.74, 6) is 1.44. The fourth-order valence-electron chi connectivity index (χ4n) is 2.52. The van der Waals surface area contributed by atoms with Crippen molar-refractivity contribution in [2.24, 2.45) is 0 Å². The summed E-state index contributed by atoms with van der Waals surface area (Å²) in [4.78, 5) is 12.3. The number of anilines is 1. The third-order valence-electron chi connectivity index (χ3n) is 3.87. The highest BCUT2D eigenvalue weighted by atomic mass is 16.5. The number of ether oxygens (including phenoxy) is 1. The van der Waals surface area contributed by atoms with Gasteiger partial charge in [-0.3, -0.25) is 4.79 Å². The molecular formula is C23H21NO2. The van der Waals surface area contributed by atoms with Gasteiger partial charge in [0.25, 0.3) is 0 Å². The Morgan fingerprint density at radius 1 is 0.885 bits per heavy atom. The molecule has 0 radical (unpaired) electrons. The monoisotopic (exact) mass is 343 g/mol. The second-order valence-electron chi connectivity index (χ2n) is 6.09. The molecule has 0 aromatic heterocycles. The van der Waals surface area contributed by atoms with Gasteiger partial charge in [0.15, 0.2) is 11.5 Å². The molecule has 0 bridgehead atoms. The topological polar surface area (TPSA) is 38.3 Å². The van der Waals surface area contributed by atoms with Crippen molar-refractivity contribution in [2.75, 3.05) is 5.32 Å². The molecule has 3 aromatic rings. The van der Waals surface area contributed by atoms with Gasteiger partial charge in [0, 0.05) is 17.3 Å². The number of carbonyl (C=O) groups is 1. The van der Waals surface area contributed by atoms with Crippen LogP contribution in [0.5, 0.6) is 11.5 Å². The zero-order chi connectivity index (χ0) is 18.4. The molecule has 3 aromatic carbocycles. The first kappa shape index (κ1) is 17.5. The molecule has 0 aliphatic carbocycles. The summed E-state index contributed by atoms with van der Waals surface area (Å²) in [6.45, 7) is 3.90. The van der Waals surface area contributed by atoms with Gasteiger partial charge < -0.3 is 10.1 Å². The standard InChI is InChI=1S/C23H21NO2/c1-17-12-14-20(15-13-17)26-23-11-7-6-10-21(23)24-18(2)16-22(25)19-8-4-3-5-9-19/h3-16,24H,1-2H3/b18-16-. The number of ketones is 1. The molecule has 3 rings (SSSR count). The van der Waals surface area contributed by atoms with Crippen molar-refractivity contribution >= 4 is 11.5 Å². The van der Waals surface area contributed by atoms with Gasteiger partial charge in [0.1, 0.15) is 5.75 Å². The SMILES string of the molecule is C/C(=C/C(=O)c1ccccc1)Nc1ccccc1Oc1ccc(C)cc1. The lowest BCUT2D eigenvalue weighted by Gasteiger charge is -2.13. The summed E-state index contributed by atoms with van der Waals surface area (Å²) < 4.78 is 5.98. The lowest BCUT2D eigenvalue weighted by atomic mass is 10.1. The van der Waals surface area contributed by atoms with E-state index in [9.17, 15) is 4.79 Å². The molecular weight excluding hydrogens is 322 g/mol. The third kappa shape index (κ3) is 4.61. The van der Waals surface area contributed by atoms with Gasteiger partial charge in [-0.15, -0.1) is 0 Å². The van der Waals surface area contributed by atoms with E-state index < -0.39 is 0 Å². The quantitative estimate of drug-likeness (QED) is 0.441. The number of benzene rings is 3. The van der Waals surface area contributed by atoms with Crippen molar-refractivity contribution in [1.29, 1.82) is 0 Å². The highest BCUT2D eigenvalue weighted by Crippen LogP contribution is 2.30. The number of nitrogens with one attached hydrogen (secondary N) is 1. The molecule has 0 saturated heterocycles. The molecule has 0 atom stereocenters. The van der Waals surface area contributed by atoms with Crippen LogP contribution in [-0.2, 0) is 0 Å². The van der Waals surface area contributed by atoms with Crippen molar-refractivity contribution in [3.63, 3.8) is 0 Å². The van der Waals surface area contributed by atoms with Crippen LogP contribution in [0, 0.1) is 6.92 Å². The van der Waals surface area contributed by atoms with Gasteiger partial charge in [-0.05, 0) is 38.1 Å². The van der Waals surface area contributed by atoms with E-state index in [0.717, 1.165) is 17.1 Å². The Kier molecular flexibility index (Phi) is 5.49. The summed E-state index contributed by atoms with van der Waals surface area (Å²) in [5, 5.41) is 3.26. The van der Waals surface area contributed by atoms with Crippen LogP contribution >= 0.6 is 0 Å². The maximum atomic E-state index is 12.3. The summed E-state index contributed by atoms with van der Waals surface area (Å²) in [6, 6.07) is 24.8. The van der Waals surface area contributed by atoms with E-state index in [-0.39, 0.29) is 5.78 Å². The highest BCUT2D eigenvalue weighted by Gasteiger charge is 2.07. The predicted molar refractivity (Wildman–Crippen MR) is 106 cm³/mol. The van der Waals surface area contributed by atoms with Crippen LogP contribution in [0.3, 0.4) is 0 Å². The Morgan fingerprint density at radius 2 is 1.54 bits per heavy atom. The first-order valence-corrected chi connectivity index (χ1v) is 8.50. The molecule has 0 spiro atoms. The van der Waals surface area contributed by atoms with E-state index in [2.05, 4.69) is 5.32 Å². The fraction of sp³-hybridized carbons (Fsp3) is 0.0870. The van der Waals surface area contributed by atoms with Gasteiger partial charge in [0.2, 0.25) is 0 Å².